The Kier molecular flexibility index (Phi) is 2.25. The number of hydrogen-bond acceptors (Lipinski definition) is 2. The molecule has 0 aliphatic rings. The average Bonchev–Trinajstić information content (AvgIpc) is 2.35. The van der Waals surface area contributed by atoms with Gasteiger partial charge in [0.1, 0.15) is 0 Å². The summed E-state index contributed by atoms with van der Waals surface area (Å²) >= 11 is 0. The first kappa shape index (κ1) is 7.78. The van der Waals surface area contributed by atoms with Gasteiger partial charge in [-0.25, -0.2) is 0 Å². The number of rotatable bonds is 3. The average molecular weight is 154 g/mol. The molecule has 0 aromatic carbocycles. The van der Waals surface area contributed by atoms with Crippen LogP contribution in [0, 0.1) is 0 Å². The third kappa shape index (κ3) is 2.07. The molecule has 0 fully saturated rings. The number of carboxylic acid groups (broad SMARTS) is 1. The Labute approximate surface area is 64.5 Å². The third-order valence-electron chi connectivity index (χ3n) is 1.45. The third-order valence-corrected chi connectivity index (χ3v) is 1.45. The number of aliphatic carboxylic acids is 1. The van der Waals surface area contributed by atoms with E-state index in [0.717, 1.165) is 0 Å². The Balaban J connectivity index is 2.56. The highest BCUT2D eigenvalue weighted by atomic mass is 16.4. The Morgan fingerprint density at radius 1 is 1.82 bits per heavy atom. The van der Waals surface area contributed by atoms with Crippen LogP contribution in [0.3, 0.4) is 0 Å². The largest absolute Gasteiger partial charge is 0.481 e. The van der Waals surface area contributed by atoms with Gasteiger partial charge in [0.05, 0.1) is 12.5 Å². The summed E-state index contributed by atoms with van der Waals surface area (Å²) in [4.78, 5) is 10.3. The first-order valence-electron chi connectivity index (χ1n) is 3.41. The summed E-state index contributed by atoms with van der Waals surface area (Å²) < 4.78 is 1.63. The van der Waals surface area contributed by atoms with Crippen LogP contribution in [0.25, 0.3) is 0 Å². The van der Waals surface area contributed by atoms with Gasteiger partial charge in [0.2, 0.25) is 0 Å². The highest BCUT2D eigenvalue weighted by Crippen LogP contribution is 2.07. The van der Waals surface area contributed by atoms with Crippen LogP contribution >= 0.6 is 0 Å². The van der Waals surface area contributed by atoms with E-state index >= 15 is 0 Å². The van der Waals surface area contributed by atoms with E-state index in [1.807, 2.05) is 6.92 Å². The van der Waals surface area contributed by atoms with Gasteiger partial charge in [-0.05, 0) is 13.0 Å². The molecule has 1 atom stereocenters. The summed E-state index contributed by atoms with van der Waals surface area (Å²) in [6, 6.07) is 1.71. The maximum Gasteiger partial charge on any atom is 0.305 e. The van der Waals surface area contributed by atoms with Crippen molar-refractivity contribution in [3.05, 3.63) is 18.5 Å². The Morgan fingerprint density at radius 2 is 2.55 bits per heavy atom. The zero-order valence-corrected chi connectivity index (χ0v) is 6.27. The molecular formula is C7H10N2O2. The fourth-order valence-electron chi connectivity index (χ4n) is 0.888. The van der Waals surface area contributed by atoms with Gasteiger partial charge in [0.25, 0.3) is 0 Å². The zero-order chi connectivity index (χ0) is 8.27. The molecule has 0 saturated heterocycles. The Hall–Kier alpha value is -1.32. The number of hydrogen-bond donors (Lipinski definition) is 1. The molecule has 0 aliphatic heterocycles. The predicted octanol–water partition coefficient (Wildman–Crippen LogP) is 0.919. The second-order valence-corrected chi connectivity index (χ2v) is 2.43. The van der Waals surface area contributed by atoms with Gasteiger partial charge in [-0.15, -0.1) is 0 Å². The molecule has 1 aromatic rings. The lowest BCUT2D eigenvalue weighted by atomic mass is 10.2. The van der Waals surface area contributed by atoms with Crippen LogP contribution in [0.15, 0.2) is 18.5 Å². The van der Waals surface area contributed by atoms with E-state index in [0.29, 0.717) is 0 Å². The molecule has 0 saturated carbocycles. The molecule has 1 N–H and O–H groups in total. The lowest BCUT2D eigenvalue weighted by Crippen LogP contribution is -2.10. The maximum atomic E-state index is 10.3. The second-order valence-electron chi connectivity index (χ2n) is 2.43. The molecule has 1 rings (SSSR count). The maximum absolute atomic E-state index is 10.3. The van der Waals surface area contributed by atoms with Crippen LogP contribution < -0.4 is 0 Å². The lowest BCUT2D eigenvalue weighted by molar-refractivity contribution is -0.137. The van der Waals surface area contributed by atoms with Gasteiger partial charge in [0.15, 0.2) is 0 Å². The zero-order valence-electron chi connectivity index (χ0n) is 6.27. The van der Waals surface area contributed by atoms with Gasteiger partial charge in [0, 0.05) is 12.4 Å². The smallest absolute Gasteiger partial charge is 0.305 e. The van der Waals surface area contributed by atoms with Gasteiger partial charge < -0.3 is 5.11 Å². The minimum Gasteiger partial charge on any atom is -0.481 e. The molecule has 60 valence electrons. The molecule has 1 aromatic heterocycles. The summed E-state index contributed by atoms with van der Waals surface area (Å²) in [7, 11) is 0. The number of carbonyl (C=O) groups is 1. The molecule has 4 heteroatoms. The Bertz CT molecular complexity index is 231. The van der Waals surface area contributed by atoms with Gasteiger partial charge in [-0.1, -0.05) is 0 Å². The topological polar surface area (TPSA) is 55.1 Å². The van der Waals surface area contributed by atoms with E-state index in [1.54, 1.807) is 23.1 Å². The van der Waals surface area contributed by atoms with Crippen molar-refractivity contribution >= 4 is 5.97 Å². The van der Waals surface area contributed by atoms with E-state index in [1.165, 1.54) is 0 Å². The summed E-state index contributed by atoms with van der Waals surface area (Å²) in [5.74, 6) is -0.798. The first-order valence-corrected chi connectivity index (χ1v) is 3.41. The normalized spacial score (nSPS) is 12.8. The Morgan fingerprint density at radius 3 is 3.00 bits per heavy atom. The SMILES string of the molecule is C[C@@H](CC(=O)O)n1cccn1. The molecule has 0 unspecified atom stereocenters. The van der Waals surface area contributed by atoms with E-state index < -0.39 is 5.97 Å². The van der Waals surface area contributed by atoms with Crippen molar-refractivity contribution in [2.24, 2.45) is 0 Å². The van der Waals surface area contributed by atoms with Crippen LogP contribution in [0.5, 0.6) is 0 Å². The minimum atomic E-state index is -0.798. The molecule has 0 radical (unpaired) electrons. The fourth-order valence-corrected chi connectivity index (χ4v) is 0.888. The molecule has 0 bridgehead atoms. The van der Waals surface area contributed by atoms with Crippen molar-refractivity contribution in [3.8, 4) is 0 Å². The highest BCUT2D eigenvalue weighted by molar-refractivity contribution is 5.67. The van der Waals surface area contributed by atoms with E-state index in [-0.39, 0.29) is 12.5 Å². The lowest BCUT2D eigenvalue weighted by Gasteiger charge is -2.07. The van der Waals surface area contributed by atoms with Crippen molar-refractivity contribution in [3.63, 3.8) is 0 Å². The van der Waals surface area contributed by atoms with Crippen molar-refractivity contribution in [2.75, 3.05) is 0 Å². The summed E-state index contributed by atoms with van der Waals surface area (Å²) in [6.45, 7) is 1.82. The first-order chi connectivity index (χ1) is 5.20. The van der Waals surface area contributed by atoms with Crippen LogP contribution in [-0.2, 0) is 4.79 Å². The summed E-state index contributed by atoms with van der Waals surface area (Å²) in [6.07, 6.45) is 3.51. The van der Waals surface area contributed by atoms with Gasteiger partial charge in [-0.2, -0.15) is 5.10 Å². The molecule has 1 heterocycles. The van der Waals surface area contributed by atoms with Crippen molar-refractivity contribution < 1.29 is 9.90 Å². The molecule has 0 aliphatic carbocycles. The molecule has 4 nitrogen and oxygen atoms in total. The molecule has 11 heavy (non-hydrogen) atoms. The van der Waals surface area contributed by atoms with Crippen LogP contribution in [0.1, 0.15) is 19.4 Å². The summed E-state index contributed by atoms with van der Waals surface area (Å²) in [5.41, 5.74) is 0. The molecular weight excluding hydrogens is 144 g/mol. The predicted molar refractivity (Wildman–Crippen MR) is 39.2 cm³/mol. The van der Waals surface area contributed by atoms with Gasteiger partial charge >= 0.3 is 5.97 Å². The van der Waals surface area contributed by atoms with Crippen LogP contribution in [0.4, 0.5) is 0 Å². The van der Waals surface area contributed by atoms with Crippen molar-refractivity contribution in [1.82, 2.24) is 9.78 Å². The second kappa shape index (κ2) is 3.18. The molecule has 0 spiro atoms. The number of carboxylic acids is 1. The van der Waals surface area contributed by atoms with Crippen molar-refractivity contribution in [1.29, 1.82) is 0 Å². The number of nitrogens with zero attached hydrogens (tertiary/aromatic N) is 2. The monoisotopic (exact) mass is 154 g/mol. The van der Waals surface area contributed by atoms with Gasteiger partial charge in [-0.3, -0.25) is 9.48 Å². The number of aromatic nitrogens is 2. The van der Waals surface area contributed by atoms with Crippen molar-refractivity contribution in [2.45, 2.75) is 19.4 Å². The van der Waals surface area contributed by atoms with E-state index in [9.17, 15) is 4.79 Å². The quantitative estimate of drug-likeness (QED) is 0.704. The van der Waals surface area contributed by atoms with E-state index in [4.69, 9.17) is 5.11 Å². The standard InChI is InChI=1S/C7H10N2O2/c1-6(5-7(10)11)9-4-2-3-8-9/h2-4,6H,5H2,1H3,(H,10,11)/t6-/m0/s1. The van der Waals surface area contributed by atoms with Crippen LogP contribution in [-0.4, -0.2) is 20.9 Å². The van der Waals surface area contributed by atoms with Crippen LogP contribution in [0.2, 0.25) is 0 Å². The van der Waals surface area contributed by atoms with E-state index in [2.05, 4.69) is 5.10 Å². The highest BCUT2D eigenvalue weighted by Gasteiger charge is 2.08. The molecule has 0 amide bonds. The minimum absolute atomic E-state index is 0.0671. The fraction of sp³-hybridized carbons (Fsp3) is 0.429. The summed E-state index contributed by atoms with van der Waals surface area (Å²) in [5, 5.41) is 12.4.